The van der Waals surface area contributed by atoms with E-state index in [1.165, 1.54) is 0 Å². The van der Waals surface area contributed by atoms with Gasteiger partial charge in [0.05, 0.1) is 13.2 Å². The van der Waals surface area contributed by atoms with Crippen molar-refractivity contribution in [3.63, 3.8) is 0 Å². The van der Waals surface area contributed by atoms with Gasteiger partial charge in [0.1, 0.15) is 0 Å². The van der Waals surface area contributed by atoms with E-state index in [9.17, 15) is 9.59 Å². The molecule has 0 heterocycles. The maximum atomic E-state index is 11.2. The van der Waals surface area contributed by atoms with Crippen LogP contribution in [0.3, 0.4) is 0 Å². The summed E-state index contributed by atoms with van der Waals surface area (Å²) in [5.41, 5.74) is 0. The van der Waals surface area contributed by atoms with Crippen LogP contribution in [0.15, 0.2) is 0 Å². The summed E-state index contributed by atoms with van der Waals surface area (Å²) in [6, 6.07) is 0.161. The molecule has 0 aromatic rings. The average Bonchev–Trinajstić information content (AvgIpc) is 2.16. The second kappa shape index (κ2) is 9.15. The molecule has 2 N–H and O–H groups in total. The predicted octanol–water partition coefficient (Wildman–Crippen LogP) is 0.444. The Labute approximate surface area is 96.9 Å². The lowest BCUT2D eigenvalue weighted by atomic mass is 10.3. The zero-order valence-electron chi connectivity index (χ0n) is 10.3. The van der Waals surface area contributed by atoms with E-state index in [0.717, 1.165) is 0 Å². The Morgan fingerprint density at radius 3 is 2.56 bits per heavy atom. The third kappa shape index (κ3) is 9.45. The van der Waals surface area contributed by atoms with Crippen LogP contribution in [0.4, 0.5) is 0 Å². The van der Waals surface area contributed by atoms with E-state index in [1.807, 2.05) is 13.8 Å². The molecule has 0 bridgehead atoms. The summed E-state index contributed by atoms with van der Waals surface area (Å²) in [4.78, 5) is 22.1. The fourth-order valence-corrected chi connectivity index (χ4v) is 1.17. The van der Waals surface area contributed by atoms with Gasteiger partial charge in [-0.1, -0.05) is 0 Å². The first-order valence-electron chi connectivity index (χ1n) is 5.72. The van der Waals surface area contributed by atoms with Crippen molar-refractivity contribution in [1.82, 2.24) is 10.6 Å². The number of rotatable bonds is 8. The van der Waals surface area contributed by atoms with E-state index in [1.54, 1.807) is 6.92 Å². The topological polar surface area (TPSA) is 67.4 Å². The van der Waals surface area contributed by atoms with Gasteiger partial charge in [0.25, 0.3) is 0 Å². The minimum atomic E-state index is -0.184. The number of hydrogen-bond acceptors (Lipinski definition) is 4. The standard InChI is InChI=1S/C11H22N2O3/c1-4-16-11(15)6-5-7-12-8-10(14)13-9(2)3/h9,12H,4-8H2,1-3H3,(H,13,14). The number of ether oxygens (including phenoxy) is 1. The molecule has 0 radical (unpaired) electrons. The fraction of sp³-hybridized carbons (Fsp3) is 0.818. The van der Waals surface area contributed by atoms with Crippen LogP contribution in [0.25, 0.3) is 0 Å². The van der Waals surface area contributed by atoms with E-state index in [-0.39, 0.29) is 17.9 Å². The van der Waals surface area contributed by atoms with Crippen molar-refractivity contribution in [1.29, 1.82) is 0 Å². The molecule has 0 rings (SSSR count). The van der Waals surface area contributed by atoms with Crippen molar-refractivity contribution in [3.8, 4) is 0 Å². The molecule has 0 saturated heterocycles. The highest BCUT2D eigenvalue weighted by molar-refractivity contribution is 5.78. The van der Waals surface area contributed by atoms with Crippen LogP contribution in [0.5, 0.6) is 0 Å². The predicted molar refractivity (Wildman–Crippen MR) is 62.0 cm³/mol. The molecule has 0 aliphatic rings. The quantitative estimate of drug-likeness (QED) is 0.469. The lowest BCUT2D eigenvalue weighted by Crippen LogP contribution is -2.38. The number of amides is 1. The van der Waals surface area contributed by atoms with E-state index in [0.29, 0.717) is 32.5 Å². The number of esters is 1. The minimum Gasteiger partial charge on any atom is -0.466 e. The van der Waals surface area contributed by atoms with Gasteiger partial charge in [-0.3, -0.25) is 9.59 Å². The van der Waals surface area contributed by atoms with Gasteiger partial charge in [0, 0.05) is 12.5 Å². The summed E-state index contributed by atoms with van der Waals surface area (Å²) >= 11 is 0. The maximum Gasteiger partial charge on any atom is 0.305 e. The lowest BCUT2D eigenvalue weighted by molar-refractivity contribution is -0.143. The van der Waals surface area contributed by atoms with Gasteiger partial charge in [0.15, 0.2) is 0 Å². The summed E-state index contributed by atoms with van der Waals surface area (Å²) in [5.74, 6) is -0.206. The smallest absolute Gasteiger partial charge is 0.305 e. The lowest BCUT2D eigenvalue weighted by Gasteiger charge is -2.08. The molecule has 0 spiro atoms. The Bertz CT molecular complexity index is 217. The van der Waals surface area contributed by atoms with Crippen LogP contribution in [-0.2, 0) is 14.3 Å². The molecular formula is C11H22N2O3. The van der Waals surface area contributed by atoms with Gasteiger partial charge in [-0.25, -0.2) is 0 Å². The average molecular weight is 230 g/mol. The van der Waals surface area contributed by atoms with Crippen LogP contribution in [0.2, 0.25) is 0 Å². The second-order valence-electron chi connectivity index (χ2n) is 3.81. The third-order valence-corrected chi connectivity index (χ3v) is 1.77. The zero-order valence-corrected chi connectivity index (χ0v) is 10.3. The Hall–Kier alpha value is -1.10. The van der Waals surface area contributed by atoms with Gasteiger partial charge in [0.2, 0.25) is 5.91 Å². The van der Waals surface area contributed by atoms with Gasteiger partial charge in [-0.15, -0.1) is 0 Å². The largest absolute Gasteiger partial charge is 0.466 e. The van der Waals surface area contributed by atoms with Crippen molar-refractivity contribution >= 4 is 11.9 Å². The van der Waals surface area contributed by atoms with E-state index in [4.69, 9.17) is 4.74 Å². The molecule has 94 valence electrons. The van der Waals surface area contributed by atoms with Crippen LogP contribution in [0.1, 0.15) is 33.6 Å². The number of hydrogen-bond donors (Lipinski definition) is 2. The molecule has 5 nitrogen and oxygen atoms in total. The third-order valence-electron chi connectivity index (χ3n) is 1.77. The SMILES string of the molecule is CCOC(=O)CCCNCC(=O)NC(C)C. The molecule has 0 aliphatic carbocycles. The van der Waals surface area contributed by atoms with Gasteiger partial charge < -0.3 is 15.4 Å². The highest BCUT2D eigenvalue weighted by atomic mass is 16.5. The minimum absolute atomic E-state index is 0.0221. The first-order valence-corrected chi connectivity index (χ1v) is 5.72. The fourth-order valence-electron chi connectivity index (χ4n) is 1.17. The first kappa shape index (κ1) is 14.9. The molecule has 0 fully saturated rings. The second-order valence-corrected chi connectivity index (χ2v) is 3.81. The summed E-state index contributed by atoms with van der Waals surface area (Å²) < 4.78 is 4.78. The summed E-state index contributed by atoms with van der Waals surface area (Å²) in [6.07, 6.45) is 1.08. The Morgan fingerprint density at radius 2 is 2.00 bits per heavy atom. The molecule has 16 heavy (non-hydrogen) atoms. The normalized spacial score (nSPS) is 10.2. The van der Waals surface area contributed by atoms with Crippen molar-refractivity contribution < 1.29 is 14.3 Å². The van der Waals surface area contributed by atoms with Crippen LogP contribution < -0.4 is 10.6 Å². The molecule has 5 heteroatoms. The molecule has 0 unspecified atom stereocenters. The molecular weight excluding hydrogens is 208 g/mol. The number of carbonyl (C=O) groups is 2. The van der Waals surface area contributed by atoms with Gasteiger partial charge in [-0.2, -0.15) is 0 Å². The Morgan fingerprint density at radius 1 is 1.31 bits per heavy atom. The highest BCUT2D eigenvalue weighted by Crippen LogP contribution is 1.90. The number of carbonyl (C=O) groups excluding carboxylic acids is 2. The van der Waals surface area contributed by atoms with Crippen molar-refractivity contribution in [2.45, 2.75) is 39.7 Å². The van der Waals surface area contributed by atoms with E-state index < -0.39 is 0 Å². The van der Waals surface area contributed by atoms with Crippen molar-refractivity contribution in [2.24, 2.45) is 0 Å². The number of nitrogens with one attached hydrogen (secondary N) is 2. The van der Waals surface area contributed by atoms with Crippen LogP contribution >= 0.6 is 0 Å². The van der Waals surface area contributed by atoms with Crippen LogP contribution in [-0.4, -0.2) is 37.6 Å². The Balaban J connectivity index is 3.33. The Kier molecular flexibility index (Phi) is 8.52. The van der Waals surface area contributed by atoms with Crippen molar-refractivity contribution in [3.05, 3.63) is 0 Å². The molecule has 0 aromatic heterocycles. The molecule has 0 aliphatic heterocycles. The monoisotopic (exact) mass is 230 g/mol. The van der Waals surface area contributed by atoms with Crippen molar-refractivity contribution in [2.75, 3.05) is 19.7 Å². The maximum absolute atomic E-state index is 11.2. The first-order chi connectivity index (χ1) is 7.56. The van der Waals surface area contributed by atoms with Gasteiger partial charge in [-0.05, 0) is 33.7 Å². The summed E-state index contributed by atoms with van der Waals surface area (Å²) in [6.45, 7) is 6.97. The summed E-state index contributed by atoms with van der Waals surface area (Å²) in [5, 5.41) is 5.74. The molecule has 1 amide bonds. The molecule has 0 aromatic carbocycles. The van der Waals surface area contributed by atoms with E-state index in [2.05, 4.69) is 10.6 Å². The molecule has 0 saturated carbocycles. The van der Waals surface area contributed by atoms with E-state index >= 15 is 0 Å². The van der Waals surface area contributed by atoms with Gasteiger partial charge >= 0.3 is 5.97 Å². The molecule has 0 atom stereocenters. The highest BCUT2D eigenvalue weighted by Gasteiger charge is 2.03. The van der Waals surface area contributed by atoms with Crippen LogP contribution in [0, 0.1) is 0 Å². The zero-order chi connectivity index (χ0) is 12.4. The summed E-state index contributed by atoms with van der Waals surface area (Å²) in [7, 11) is 0.